The predicted molar refractivity (Wildman–Crippen MR) is 179 cm³/mol. The molecule has 0 N–H and O–H groups in total. The number of hydrogen-bond donors (Lipinski definition) is 0. The van der Waals surface area contributed by atoms with E-state index in [1.165, 1.54) is 0 Å². The van der Waals surface area contributed by atoms with Crippen molar-refractivity contribution in [1.29, 1.82) is 0 Å². The lowest BCUT2D eigenvalue weighted by Gasteiger charge is -2.37. The van der Waals surface area contributed by atoms with Crippen LogP contribution >= 0.6 is 0 Å². The van der Waals surface area contributed by atoms with Crippen LogP contribution in [0.5, 0.6) is 23.0 Å². The predicted octanol–water partition coefficient (Wildman–Crippen LogP) is 6.96. The van der Waals surface area contributed by atoms with Crippen LogP contribution < -0.4 is 9.47 Å². The number of amides is 2. The zero-order valence-electron chi connectivity index (χ0n) is 26.3. The molecular weight excluding hydrogens is 576 g/mol. The lowest BCUT2D eigenvalue weighted by Crippen LogP contribution is -2.48. The Bertz CT molecular complexity index is 1460. The van der Waals surface area contributed by atoms with Crippen LogP contribution in [-0.4, -0.2) is 84.0 Å². The quantitative estimate of drug-likeness (QED) is 0.169. The van der Waals surface area contributed by atoms with Crippen molar-refractivity contribution >= 4 is 11.8 Å². The van der Waals surface area contributed by atoms with Gasteiger partial charge in [-0.25, -0.2) is 0 Å². The molecule has 0 atom stereocenters. The van der Waals surface area contributed by atoms with E-state index >= 15 is 0 Å². The Morgan fingerprint density at radius 1 is 0.500 bits per heavy atom. The third kappa shape index (κ3) is 8.53. The van der Waals surface area contributed by atoms with E-state index in [2.05, 4.69) is 9.80 Å². The lowest BCUT2D eigenvalue weighted by molar-refractivity contribution is 0.0455. The Hall–Kier alpha value is -4.66. The standard InChI is InChI=1S/C38H42N4O4/c43-37(31-13-9-19-35(27-31)45-33-15-3-1-4-16-33)41-25-11-23-39(29-41)21-7-8-22-40-24-12-26-42(30-40)38(44)32-14-10-20-36(28-32)46-34-17-5-2-6-18-34/h1-6,9-10,13-20,27-28H,7-8,11-12,21-26,29-30H2. The van der Waals surface area contributed by atoms with Gasteiger partial charge in [-0.1, -0.05) is 48.5 Å². The maximum atomic E-state index is 13.4. The van der Waals surface area contributed by atoms with Gasteiger partial charge in [0.2, 0.25) is 0 Å². The molecule has 46 heavy (non-hydrogen) atoms. The molecule has 4 aromatic rings. The van der Waals surface area contributed by atoms with Gasteiger partial charge in [-0.15, -0.1) is 0 Å². The molecule has 0 saturated carbocycles. The molecule has 6 rings (SSSR count). The summed E-state index contributed by atoms with van der Waals surface area (Å²) in [5, 5.41) is 0. The van der Waals surface area contributed by atoms with Crippen molar-refractivity contribution in [2.75, 3.05) is 52.6 Å². The monoisotopic (exact) mass is 618 g/mol. The molecule has 238 valence electrons. The van der Waals surface area contributed by atoms with Gasteiger partial charge in [0.05, 0.1) is 13.3 Å². The summed E-state index contributed by atoms with van der Waals surface area (Å²) >= 11 is 0. The second-order valence-electron chi connectivity index (χ2n) is 12.0. The van der Waals surface area contributed by atoms with E-state index in [0.717, 1.165) is 76.5 Å². The molecule has 2 heterocycles. The topological polar surface area (TPSA) is 65.6 Å². The Morgan fingerprint density at radius 3 is 1.35 bits per heavy atom. The SMILES string of the molecule is O=C(c1cccc(Oc2ccccc2)c1)N1CCCN(CCCCN2CCCN(C(=O)c3cccc(Oc4ccccc4)c3)C2)C1. The summed E-state index contributed by atoms with van der Waals surface area (Å²) in [5.74, 6) is 2.90. The van der Waals surface area contributed by atoms with Gasteiger partial charge in [-0.05, 0) is 99.4 Å². The van der Waals surface area contributed by atoms with Crippen LogP contribution in [0.15, 0.2) is 109 Å². The van der Waals surface area contributed by atoms with E-state index in [9.17, 15) is 9.59 Å². The number of rotatable bonds is 11. The molecule has 2 saturated heterocycles. The van der Waals surface area contributed by atoms with E-state index in [0.29, 0.717) is 36.0 Å². The Kier molecular flexibility index (Phi) is 10.6. The highest BCUT2D eigenvalue weighted by Gasteiger charge is 2.25. The van der Waals surface area contributed by atoms with Crippen molar-refractivity contribution in [2.24, 2.45) is 0 Å². The molecule has 0 aromatic heterocycles. The molecule has 2 fully saturated rings. The van der Waals surface area contributed by atoms with Crippen molar-refractivity contribution < 1.29 is 19.1 Å². The molecule has 8 nitrogen and oxygen atoms in total. The second kappa shape index (κ2) is 15.6. The van der Waals surface area contributed by atoms with Crippen LogP contribution in [0.4, 0.5) is 0 Å². The van der Waals surface area contributed by atoms with Gasteiger partial charge in [-0.2, -0.15) is 0 Å². The van der Waals surface area contributed by atoms with Crippen molar-refractivity contribution in [3.05, 3.63) is 120 Å². The fraction of sp³-hybridized carbons (Fsp3) is 0.316. The molecule has 0 unspecified atom stereocenters. The smallest absolute Gasteiger partial charge is 0.255 e. The average Bonchev–Trinajstić information content (AvgIpc) is 3.11. The minimum absolute atomic E-state index is 0.0402. The summed E-state index contributed by atoms with van der Waals surface area (Å²) in [7, 11) is 0. The molecule has 0 aliphatic carbocycles. The van der Waals surface area contributed by atoms with Gasteiger partial charge >= 0.3 is 0 Å². The summed E-state index contributed by atoms with van der Waals surface area (Å²) in [4.78, 5) is 35.4. The maximum Gasteiger partial charge on any atom is 0.255 e. The number of hydrogen-bond acceptors (Lipinski definition) is 6. The molecule has 4 aromatic carbocycles. The van der Waals surface area contributed by atoms with Gasteiger partial charge in [-0.3, -0.25) is 19.4 Å². The van der Waals surface area contributed by atoms with Crippen LogP contribution in [0.3, 0.4) is 0 Å². The highest BCUT2D eigenvalue weighted by Crippen LogP contribution is 2.25. The summed E-state index contributed by atoms with van der Waals surface area (Å²) in [6, 6.07) is 34.1. The molecule has 2 amide bonds. The van der Waals surface area contributed by atoms with E-state index in [1.54, 1.807) is 0 Å². The summed E-state index contributed by atoms with van der Waals surface area (Å²) in [5.41, 5.74) is 1.30. The van der Waals surface area contributed by atoms with Crippen LogP contribution in [0.1, 0.15) is 46.4 Å². The Balaban J connectivity index is 0.941. The fourth-order valence-electron chi connectivity index (χ4n) is 6.10. The number of carbonyl (C=O) groups is 2. The number of ether oxygens (including phenoxy) is 2. The molecule has 2 aliphatic heterocycles. The lowest BCUT2D eigenvalue weighted by atomic mass is 10.1. The summed E-state index contributed by atoms with van der Waals surface area (Å²) in [6.07, 6.45) is 4.02. The van der Waals surface area contributed by atoms with Crippen LogP contribution in [-0.2, 0) is 0 Å². The minimum Gasteiger partial charge on any atom is -0.457 e. The second-order valence-corrected chi connectivity index (χ2v) is 12.0. The van der Waals surface area contributed by atoms with Gasteiger partial charge in [0.1, 0.15) is 23.0 Å². The number of para-hydroxylation sites is 2. The van der Waals surface area contributed by atoms with Gasteiger partial charge in [0, 0.05) is 37.3 Å². The Morgan fingerprint density at radius 2 is 0.913 bits per heavy atom. The minimum atomic E-state index is 0.0402. The van der Waals surface area contributed by atoms with Gasteiger partial charge < -0.3 is 19.3 Å². The molecular formula is C38H42N4O4. The largest absolute Gasteiger partial charge is 0.457 e. The first-order valence-electron chi connectivity index (χ1n) is 16.3. The third-order valence-electron chi connectivity index (χ3n) is 8.44. The first-order valence-corrected chi connectivity index (χ1v) is 16.3. The number of carbonyl (C=O) groups excluding carboxylic acids is 2. The normalized spacial score (nSPS) is 15.8. The van der Waals surface area contributed by atoms with Gasteiger partial charge in [0.15, 0.2) is 0 Å². The highest BCUT2D eigenvalue weighted by atomic mass is 16.5. The fourth-order valence-corrected chi connectivity index (χ4v) is 6.10. The Labute approximate surface area is 271 Å². The van der Waals surface area contributed by atoms with E-state index < -0.39 is 0 Å². The van der Waals surface area contributed by atoms with Gasteiger partial charge in [0.25, 0.3) is 11.8 Å². The van der Waals surface area contributed by atoms with E-state index in [1.807, 2.05) is 119 Å². The first kappa shape index (κ1) is 31.3. The highest BCUT2D eigenvalue weighted by molar-refractivity contribution is 5.95. The average molecular weight is 619 g/mol. The van der Waals surface area contributed by atoms with Crippen molar-refractivity contribution in [1.82, 2.24) is 19.6 Å². The van der Waals surface area contributed by atoms with E-state index in [-0.39, 0.29) is 11.8 Å². The van der Waals surface area contributed by atoms with Crippen LogP contribution in [0.25, 0.3) is 0 Å². The molecule has 2 aliphatic rings. The number of benzene rings is 4. The number of nitrogens with zero attached hydrogens (tertiary/aromatic N) is 4. The zero-order valence-corrected chi connectivity index (χ0v) is 26.3. The van der Waals surface area contributed by atoms with Crippen molar-refractivity contribution in [3.8, 4) is 23.0 Å². The van der Waals surface area contributed by atoms with Crippen molar-refractivity contribution in [3.63, 3.8) is 0 Å². The summed E-state index contributed by atoms with van der Waals surface area (Å²) < 4.78 is 11.9. The molecule has 0 spiro atoms. The molecule has 8 heteroatoms. The maximum absolute atomic E-state index is 13.4. The van der Waals surface area contributed by atoms with Crippen LogP contribution in [0.2, 0.25) is 0 Å². The zero-order chi connectivity index (χ0) is 31.6. The first-order chi connectivity index (χ1) is 22.6. The van der Waals surface area contributed by atoms with Crippen molar-refractivity contribution in [2.45, 2.75) is 25.7 Å². The molecule has 0 radical (unpaired) electrons. The van der Waals surface area contributed by atoms with E-state index in [4.69, 9.17) is 9.47 Å². The molecule has 0 bridgehead atoms. The summed E-state index contributed by atoms with van der Waals surface area (Å²) in [6.45, 7) is 6.70. The third-order valence-corrected chi connectivity index (χ3v) is 8.44. The number of unbranched alkanes of at least 4 members (excludes halogenated alkanes) is 1. The van der Waals surface area contributed by atoms with Crippen LogP contribution in [0, 0.1) is 0 Å².